The van der Waals surface area contributed by atoms with Crippen molar-refractivity contribution in [1.29, 1.82) is 0 Å². The molecule has 0 aromatic heterocycles. The molecular formula is C23H20Cl2N2O. The van der Waals surface area contributed by atoms with Crippen molar-refractivity contribution in [2.24, 2.45) is 0 Å². The first-order chi connectivity index (χ1) is 13.6. The Balaban J connectivity index is 1.45. The number of benzene rings is 3. The largest absolute Gasteiger partial charge is 0.347 e. The van der Waals surface area contributed by atoms with Gasteiger partial charge in [0.05, 0.1) is 22.7 Å². The lowest BCUT2D eigenvalue weighted by Gasteiger charge is -2.45. The molecule has 1 aliphatic heterocycles. The smallest absolute Gasteiger partial charge is 0.253 e. The molecule has 0 atom stereocenters. The molecule has 1 amide bonds. The molecule has 0 unspecified atom stereocenters. The van der Waals surface area contributed by atoms with Crippen LogP contribution in [0.5, 0.6) is 0 Å². The minimum Gasteiger partial charge on any atom is -0.347 e. The average molecular weight is 411 g/mol. The maximum Gasteiger partial charge on any atom is 0.253 e. The fourth-order valence-electron chi connectivity index (χ4n) is 3.64. The van der Waals surface area contributed by atoms with E-state index in [1.54, 1.807) is 18.2 Å². The standard InChI is InChI=1S/C23H20Cl2N2O/c24-18-11-12-20(21(25)13-18)23(28)26-19-14-27(15-19)22(16-7-3-1-4-8-16)17-9-5-2-6-10-17/h1-13,19,22H,14-15H2,(H,26,28). The van der Waals surface area contributed by atoms with Gasteiger partial charge in [-0.3, -0.25) is 9.69 Å². The molecule has 4 rings (SSSR count). The van der Waals surface area contributed by atoms with E-state index in [2.05, 4.69) is 58.7 Å². The Hall–Kier alpha value is -2.33. The summed E-state index contributed by atoms with van der Waals surface area (Å²) in [4.78, 5) is 14.9. The Morgan fingerprint density at radius 2 is 1.46 bits per heavy atom. The predicted octanol–water partition coefficient (Wildman–Crippen LogP) is 5.20. The highest BCUT2D eigenvalue weighted by molar-refractivity contribution is 6.36. The molecule has 28 heavy (non-hydrogen) atoms. The van der Waals surface area contributed by atoms with Crippen molar-refractivity contribution in [3.05, 3.63) is 106 Å². The van der Waals surface area contributed by atoms with Gasteiger partial charge in [0.25, 0.3) is 5.91 Å². The number of rotatable bonds is 5. The van der Waals surface area contributed by atoms with E-state index in [4.69, 9.17) is 23.2 Å². The van der Waals surface area contributed by atoms with E-state index in [1.165, 1.54) is 11.1 Å². The van der Waals surface area contributed by atoms with Gasteiger partial charge < -0.3 is 5.32 Å². The minimum atomic E-state index is -0.165. The van der Waals surface area contributed by atoms with Crippen LogP contribution in [0, 0.1) is 0 Å². The summed E-state index contributed by atoms with van der Waals surface area (Å²) in [6.07, 6.45) is 0. The molecule has 1 aliphatic rings. The number of halogens is 2. The lowest BCUT2D eigenvalue weighted by molar-refractivity contribution is 0.0718. The van der Waals surface area contributed by atoms with E-state index in [1.807, 2.05) is 12.1 Å². The summed E-state index contributed by atoms with van der Waals surface area (Å²) in [6.45, 7) is 1.57. The average Bonchev–Trinajstić information content (AvgIpc) is 2.67. The predicted molar refractivity (Wildman–Crippen MR) is 114 cm³/mol. The Bertz CT molecular complexity index is 917. The summed E-state index contributed by atoms with van der Waals surface area (Å²) < 4.78 is 0. The molecule has 3 nitrogen and oxygen atoms in total. The highest BCUT2D eigenvalue weighted by atomic mass is 35.5. The SMILES string of the molecule is O=C(NC1CN(C(c2ccccc2)c2ccccc2)C1)c1ccc(Cl)cc1Cl. The second-order valence-electron chi connectivity index (χ2n) is 6.97. The zero-order valence-electron chi connectivity index (χ0n) is 15.2. The molecule has 3 aromatic rings. The molecule has 0 spiro atoms. The summed E-state index contributed by atoms with van der Waals surface area (Å²) in [5.41, 5.74) is 2.95. The van der Waals surface area contributed by atoms with E-state index < -0.39 is 0 Å². The highest BCUT2D eigenvalue weighted by Gasteiger charge is 2.35. The number of nitrogens with zero attached hydrogens (tertiary/aromatic N) is 1. The number of carbonyl (C=O) groups excluding carboxylic acids is 1. The number of carbonyl (C=O) groups is 1. The summed E-state index contributed by atoms with van der Waals surface area (Å²) in [5, 5.41) is 3.96. The fourth-order valence-corrected chi connectivity index (χ4v) is 4.13. The number of amides is 1. The van der Waals surface area contributed by atoms with Gasteiger partial charge >= 0.3 is 0 Å². The molecule has 1 heterocycles. The van der Waals surface area contributed by atoms with Gasteiger partial charge in [-0.1, -0.05) is 83.9 Å². The topological polar surface area (TPSA) is 32.3 Å². The van der Waals surface area contributed by atoms with Gasteiger partial charge in [0.1, 0.15) is 0 Å². The lowest BCUT2D eigenvalue weighted by atomic mass is 9.93. The first-order valence-corrected chi connectivity index (χ1v) is 9.97. The maximum absolute atomic E-state index is 12.5. The van der Waals surface area contributed by atoms with Crippen LogP contribution in [-0.2, 0) is 0 Å². The molecular weight excluding hydrogens is 391 g/mol. The van der Waals surface area contributed by atoms with E-state index in [0.717, 1.165) is 13.1 Å². The Kier molecular flexibility index (Phi) is 5.67. The monoisotopic (exact) mass is 410 g/mol. The van der Waals surface area contributed by atoms with Gasteiger partial charge in [-0.25, -0.2) is 0 Å². The van der Waals surface area contributed by atoms with Crippen molar-refractivity contribution in [3.8, 4) is 0 Å². The number of likely N-dealkylation sites (tertiary alicyclic amines) is 1. The van der Waals surface area contributed by atoms with Crippen LogP contribution in [0.2, 0.25) is 10.0 Å². The van der Waals surface area contributed by atoms with Gasteiger partial charge in [-0.2, -0.15) is 0 Å². The lowest BCUT2D eigenvalue weighted by Crippen LogP contribution is -2.60. The highest BCUT2D eigenvalue weighted by Crippen LogP contribution is 2.32. The van der Waals surface area contributed by atoms with Gasteiger partial charge in [-0.15, -0.1) is 0 Å². The molecule has 5 heteroatoms. The van der Waals surface area contributed by atoms with Crippen molar-refractivity contribution >= 4 is 29.1 Å². The zero-order chi connectivity index (χ0) is 19.5. The van der Waals surface area contributed by atoms with E-state index in [0.29, 0.717) is 15.6 Å². The Morgan fingerprint density at radius 1 is 0.893 bits per heavy atom. The molecule has 0 radical (unpaired) electrons. The number of nitrogens with one attached hydrogen (secondary N) is 1. The first-order valence-electron chi connectivity index (χ1n) is 9.21. The summed E-state index contributed by atoms with van der Waals surface area (Å²) in [5.74, 6) is -0.165. The minimum absolute atomic E-state index is 0.0918. The molecule has 0 aliphatic carbocycles. The first kappa shape index (κ1) is 19.0. The van der Waals surface area contributed by atoms with Gasteiger partial charge in [-0.05, 0) is 29.3 Å². The number of hydrogen-bond donors (Lipinski definition) is 1. The van der Waals surface area contributed by atoms with Gasteiger partial charge in [0.2, 0.25) is 0 Å². The normalized spacial score (nSPS) is 14.7. The van der Waals surface area contributed by atoms with Crippen molar-refractivity contribution in [2.45, 2.75) is 12.1 Å². The van der Waals surface area contributed by atoms with Crippen LogP contribution in [0.1, 0.15) is 27.5 Å². The second-order valence-corrected chi connectivity index (χ2v) is 7.82. The van der Waals surface area contributed by atoms with E-state index >= 15 is 0 Å². The van der Waals surface area contributed by atoms with Crippen LogP contribution in [0.4, 0.5) is 0 Å². The number of hydrogen-bond acceptors (Lipinski definition) is 2. The molecule has 142 valence electrons. The molecule has 1 N–H and O–H groups in total. The summed E-state index contributed by atoms with van der Waals surface area (Å²) >= 11 is 12.1. The van der Waals surface area contributed by atoms with Crippen LogP contribution in [0.25, 0.3) is 0 Å². The molecule has 0 saturated carbocycles. The third-order valence-electron chi connectivity index (χ3n) is 5.02. The van der Waals surface area contributed by atoms with E-state index in [9.17, 15) is 4.79 Å². The van der Waals surface area contributed by atoms with Crippen LogP contribution in [0.15, 0.2) is 78.9 Å². The molecule has 1 fully saturated rings. The third kappa shape index (κ3) is 4.07. The van der Waals surface area contributed by atoms with Gasteiger partial charge in [0.15, 0.2) is 0 Å². The van der Waals surface area contributed by atoms with Crippen molar-refractivity contribution < 1.29 is 4.79 Å². The van der Waals surface area contributed by atoms with Crippen LogP contribution in [-0.4, -0.2) is 29.9 Å². The quantitative estimate of drug-likeness (QED) is 0.626. The van der Waals surface area contributed by atoms with Crippen molar-refractivity contribution in [2.75, 3.05) is 13.1 Å². The Morgan fingerprint density at radius 3 is 2.00 bits per heavy atom. The Labute approximate surface area is 174 Å². The van der Waals surface area contributed by atoms with Crippen molar-refractivity contribution in [1.82, 2.24) is 10.2 Å². The summed E-state index contributed by atoms with van der Waals surface area (Å²) in [7, 11) is 0. The van der Waals surface area contributed by atoms with Gasteiger partial charge in [0, 0.05) is 18.1 Å². The third-order valence-corrected chi connectivity index (χ3v) is 5.56. The molecule has 1 saturated heterocycles. The van der Waals surface area contributed by atoms with Crippen LogP contribution < -0.4 is 5.32 Å². The second kappa shape index (κ2) is 8.36. The zero-order valence-corrected chi connectivity index (χ0v) is 16.7. The van der Waals surface area contributed by atoms with Crippen molar-refractivity contribution in [3.63, 3.8) is 0 Å². The fraction of sp³-hybridized carbons (Fsp3) is 0.174. The molecule has 0 bridgehead atoms. The van der Waals surface area contributed by atoms with Crippen LogP contribution in [0.3, 0.4) is 0 Å². The maximum atomic E-state index is 12.5. The molecule has 3 aromatic carbocycles. The van der Waals surface area contributed by atoms with E-state index in [-0.39, 0.29) is 18.0 Å². The van der Waals surface area contributed by atoms with Crippen LogP contribution >= 0.6 is 23.2 Å². The summed E-state index contributed by atoms with van der Waals surface area (Å²) in [6, 6.07) is 26.1.